The molecule has 0 saturated carbocycles. The zero-order chi connectivity index (χ0) is 11.4. The van der Waals surface area contributed by atoms with E-state index < -0.39 is 0 Å². The molecule has 1 atom stereocenters. The predicted octanol–water partition coefficient (Wildman–Crippen LogP) is 4.11. The Morgan fingerprint density at radius 3 is 2.47 bits per heavy atom. The number of halogens is 2. The number of rotatable bonds is 4. The Kier molecular flexibility index (Phi) is 4.40. The summed E-state index contributed by atoms with van der Waals surface area (Å²) in [5, 5.41) is 0.349. The fraction of sp³-hybridized carbons (Fsp3) is 0.417. The maximum atomic E-state index is 13.0. The van der Waals surface area contributed by atoms with Crippen LogP contribution in [0.2, 0.25) is 5.02 Å². The van der Waals surface area contributed by atoms with Crippen molar-refractivity contribution in [1.82, 2.24) is 0 Å². The van der Waals surface area contributed by atoms with Crippen LogP contribution in [0.25, 0.3) is 0 Å². The van der Waals surface area contributed by atoms with Crippen LogP contribution in [0.1, 0.15) is 20.8 Å². The minimum atomic E-state index is -0.380. The number of hydrogen-bond donors (Lipinski definition) is 0. The molecule has 0 bridgehead atoms. The molecule has 0 heterocycles. The highest BCUT2D eigenvalue weighted by Gasteiger charge is 2.08. The van der Waals surface area contributed by atoms with Gasteiger partial charge in [-0.3, -0.25) is 0 Å². The highest BCUT2D eigenvalue weighted by atomic mass is 35.5. The summed E-state index contributed by atoms with van der Waals surface area (Å²) in [6.45, 7) is 6.05. The molecule has 1 nitrogen and oxygen atoms in total. The first-order valence-electron chi connectivity index (χ1n) is 4.95. The molecule has 1 aromatic rings. The quantitative estimate of drug-likeness (QED) is 0.755. The zero-order valence-corrected chi connectivity index (χ0v) is 9.88. The van der Waals surface area contributed by atoms with Crippen LogP contribution in [0.5, 0.6) is 5.75 Å². The average molecular weight is 230 g/mol. The van der Waals surface area contributed by atoms with Crippen molar-refractivity contribution in [3.63, 3.8) is 0 Å². The average Bonchev–Trinajstić information content (AvgIpc) is 1.98. The van der Waals surface area contributed by atoms with E-state index in [-0.39, 0.29) is 11.9 Å². The van der Waals surface area contributed by atoms with Crippen LogP contribution in [0, 0.1) is 18.2 Å². The summed E-state index contributed by atoms with van der Waals surface area (Å²) < 4.78 is 18.5. The van der Waals surface area contributed by atoms with Gasteiger partial charge in [0.2, 0.25) is 0 Å². The van der Waals surface area contributed by atoms with Gasteiger partial charge in [-0.25, -0.2) is 4.39 Å². The van der Waals surface area contributed by atoms with Crippen LogP contribution in [0.15, 0.2) is 18.2 Å². The lowest BCUT2D eigenvalue weighted by Gasteiger charge is -2.16. The molecule has 0 fully saturated rings. The van der Waals surface area contributed by atoms with Gasteiger partial charge in [0, 0.05) is 17.5 Å². The van der Waals surface area contributed by atoms with Crippen molar-refractivity contribution in [1.29, 1.82) is 0 Å². The standard InChI is InChI=1S/C12H15ClFO/c1-8(2)4-9(3)15-12-6-10(13)5-11(14)7-12/h4-9H,1-3H3/t9-/m0/s1. The number of ether oxygens (including phenoxy) is 1. The highest BCUT2D eigenvalue weighted by Crippen LogP contribution is 2.22. The van der Waals surface area contributed by atoms with Gasteiger partial charge in [-0.1, -0.05) is 25.4 Å². The molecule has 0 amide bonds. The van der Waals surface area contributed by atoms with E-state index in [0.717, 1.165) is 0 Å². The molecule has 0 N–H and O–H groups in total. The minimum Gasteiger partial charge on any atom is -0.490 e. The van der Waals surface area contributed by atoms with Gasteiger partial charge < -0.3 is 4.74 Å². The lowest BCUT2D eigenvalue weighted by molar-refractivity contribution is 0.240. The second-order valence-corrected chi connectivity index (χ2v) is 4.30. The first-order valence-corrected chi connectivity index (χ1v) is 5.33. The van der Waals surface area contributed by atoms with Gasteiger partial charge in [-0.05, 0) is 25.0 Å². The van der Waals surface area contributed by atoms with Crippen LogP contribution >= 0.6 is 11.6 Å². The topological polar surface area (TPSA) is 9.23 Å². The summed E-state index contributed by atoms with van der Waals surface area (Å²) in [5.41, 5.74) is 0. The summed E-state index contributed by atoms with van der Waals surface area (Å²) in [5.74, 6) is 0.516. The molecule has 1 radical (unpaired) electrons. The van der Waals surface area contributed by atoms with Crippen molar-refractivity contribution in [2.24, 2.45) is 5.92 Å². The van der Waals surface area contributed by atoms with Crippen molar-refractivity contribution in [3.8, 4) is 5.75 Å². The Morgan fingerprint density at radius 1 is 1.27 bits per heavy atom. The molecule has 1 aromatic carbocycles. The maximum absolute atomic E-state index is 13.0. The third-order valence-corrected chi connectivity index (χ3v) is 2.03. The van der Waals surface area contributed by atoms with Crippen LogP contribution in [-0.2, 0) is 0 Å². The van der Waals surface area contributed by atoms with Crippen molar-refractivity contribution < 1.29 is 9.13 Å². The van der Waals surface area contributed by atoms with E-state index in [9.17, 15) is 4.39 Å². The van der Waals surface area contributed by atoms with E-state index in [4.69, 9.17) is 16.3 Å². The van der Waals surface area contributed by atoms with Crippen LogP contribution < -0.4 is 4.74 Å². The van der Waals surface area contributed by atoms with E-state index in [2.05, 4.69) is 13.8 Å². The first-order chi connectivity index (χ1) is 6.97. The summed E-state index contributed by atoms with van der Waals surface area (Å²) in [4.78, 5) is 0. The second-order valence-electron chi connectivity index (χ2n) is 3.86. The lowest BCUT2D eigenvalue weighted by Crippen LogP contribution is -2.15. The Labute approximate surface area is 95.2 Å². The highest BCUT2D eigenvalue weighted by molar-refractivity contribution is 6.30. The lowest BCUT2D eigenvalue weighted by atomic mass is 10.1. The van der Waals surface area contributed by atoms with Crippen LogP contribution in [0.4, 0.5) is 4.39 Å². The zero-order valence-electron chi connectivity index (χ0n) is 9.13. The molecule has 0 spiro atoms. The van der Waals surface area contributed by atoms with Gasteiger partial charge in [0.15, 0.2) is 0 Å². The number of hydrogen-bond acceptors (Lipinski definition) is 1. The van der Waals surface area contributed by atoms with Crippen molar-refractivity contribution >= 4 is 11.6 Å². The smallest absolute Gasteiger partial charge is 0.128 e. The molecule has 3 heteroatoms. The van der Waals surface area contributed by atoms with Crippen molar-refractivity contribution in [3.05, 3.63) is 35.5 Å². The molecule has 15 heavy (non-hydrogen) atoms. The van der Waals surface area contributed by atoms with E-state index in [1.54, 1.807) is 6.07 Å². The predicted molar refractivity (Wildman–Crippen MR) is 60.6 cm³/mol. The Hall–Kier alpha value is -0.760. The van der Waals surface area contributed by atoms with Crippen LogP contribution in [0.3, 0.4) is 0 Å². The summed E-state index contributed by atoms with van der Waals surface area (Å²) in [6.07, 6.45) is 1.99. The molecule has 0 unspecified atom stereocenters. The SMILES string of the molecule is CC(C)[CH][C@H](C)Oc1cc(F)cc(Cl)c1. The third kappa shape index (κ3) is 4.52. The van der Waals surface area contributed by atoms with Gasteiger partial charge in [-0.2, -0.15) is 0 Å². The van der Waals surface area contributed by atoms with Crippen molar-refractivity contribution in [2.45, 2.75) is 26.9 Å². The molecule has 0 aliphatic rings. The van der Waals surface area contributed by atoms with Gasteiger partial charge >= 0.3 is 0 Å². The minimum absolute atomic E-state index is 0.0529. The van der Waals surface area contributed by atoms with Gasteiger partial charge in [0.25, 0.3) is 0 Å². The molecule has 0 aliphatic heterocycles. The summed E-state index contributed by atoms with van der Waals surface area (Å²) >= 11 is 5.71. The van der Waals surface area contributed by atoms with Crippen molar-refractivity contribution in [2.75, 3.05) is 0 Å². The Morgan fingerprint density at radius 2 is 1.93 bits per heavy atom. The fourth-order valence-corrected chi connectivity index (χ4v) is 1.60. The van der Waals surface area contributed by atoms with Gasteiger partial charge in [0.1, 0.15) is 11.6 Å². The fourth-order valence-electron chi connectivity index (χ4n) is 1.39. The molecular formula is C12H15ClFO. The monoisotopic (exact) mass is 229 g/mol. The molecular weight excluding hydrogens is 215 g/mol. The summed E-state index contributed by atoms with van der Waals surface area (Å²) in [6, 6.07) is 4.19. The summed E-state index contributed by atoms with van der Waals surface area (Å²) in [7, 11) is 0. The van der Waals surface area contributed by atoms with Crippen LogP contribution in [-0.4, -0.2) is 6.10 Å². The van der Waals surface area contributed by atoms with Gasteiger partial charge in [-0.15, -0.1) is 0 Å². The Bertz CT molecular complexity index is 305. The molecule has 1 rings (SSSR count). The first kappa shape index (κ1) is 12.3. The molecule has 0 saturated heterocycles. The number of benzene rings is 1. The molecule has 0 aliphatic carbocycles. The van der Waals surface area contributed by atoms with Gasteiger partial charge in [0.05, 0.1) is 6.10 Å². The van der Waals surface area contributed by atoms with E-state index in [1.165, 1.54) is 12.1 Å². The second kappa shape index (κ2) is 5.36. The maximum Gasteiger partial charge on any atom is 0.128 e. The Balaban J connectivity index is 2.63. The van der Waals surface area contributed by atoms with E-state index >= 15 is 0 Å². The third-order valence-electron chi connectivity index (χ3n) is 1.81. The molecule has 0 aromatic heterocycles. The van der Waals surface area contributed by atoms with E-state index in [0.29, 0.717) is 16.7 Å². The normalized spacial score (nSPS) is 12.9. The largest absolute Gasteiger partial charge is 0.490 e. The van der Waals surface area contributed by atoms with E-state index in [1.807, 2.05) is 13.3 Å². The molecule has 83 valence electrons.